The number of nitrogens with zero attached hydrogens (tertiary/aromatic N) is 1. The molecule has 1 atom stereocenters. The largest absolute Gasteiger partial charge is 0.504 e. The summed E-state index contributed by atoms with van der Waals surface area (Å²) in [6, 6.07) is 5.93. The van der Waals surface area contributed by atoms with Gasteiger partial charge in [0.25, 0.3) is 0 Å². The standard InChI is InChI=1S/C16H25N3O2S.HI/c1-3-17-16(19-13-7-5-9-22-11-13)18-10-12-6-4-8-14(21-2)15(12)20;/h4,6,8,13,20H,3,5,7,9-11H2,1-2H3,(H2,17,18,19);1H. The number of aliphatic imine (C=N–C) groups is 1. The monoisotopic (exact) mass is 451 g/mol. The Morgan fingerprint density at radius 2 is 2.30 bits per heavy atom. The predicted molar refractivity (Wildman–Crippen MR) is 108 cm³/mol. The van der Waals surface area contributed by atoms with E-state index < -0.39 is 0 Å². The Hall–Kier alpha value is -0.830. The molecule has 0 radical (unpaired) electrons. The van der Waals surface area contributed by atoms with E-state index in [1.54, 1.807) is 13.2 Å². The van der Waals surface area contributed by atoms with Gasteiger partial charge in [0, 0.05) is 23.9 Å². The molecule has 2 rings (SSSR count). The molecular formula is C16H26IN3O2S. The SMILES string of the molecule is CCNC(=NCc1cccc(OC)c1O)NC1CCCSC1.I. The smallest absolute Gasteiger partial charge is 0.191 e. The fraction of sp³-hybridized carbons (Fsp3) is 0.562. The summed E-state index contributed by atoms with van der Waals surface area (Å²) in [5, 5.41) is 16.9. The summed E-state index contributed by atoms with van der Waals surface area (Å²) in [6.45, 7) is 3.28. The zero-order chi connectivity index (χ0) is 15.8. The molecule has 0 aliphatic carbocycles. The number of hydrogen-bond donors (Lipinski definition) is 3. The number of rotatable bonds is 5. The first-order valence-electron chi connectivity index (χ1n) is 7.72. The van der Waals surface area contributed by atoms with E-state index in [0.717, 1.165) is 23.8 Å². The molecular weight excluding hydrogens is 425 g/mol. The highest BCUT2D eigenvalue weighted by molar-refractivity contribution is 14.0. The van der Waals surface area contributed by atoms with E-state index in [2.05, 4.69) is 22.5 Å². The Kier molecular flexibility index (Phi) is 9.54. The first kappa shape index (κ1) is 20.2. The normalized spacial score (nSPS) is 18.0. The second-order valence-electron chi connectivity index (χ2n) is 5.22. The van der Waals surface area contributed by atoms with Crippen LogP contribution < -0.4 is 15.4 Å². The second kappa shape index (κ2) is 10.9. The number of methoxy groups -OCH3 is 1. The first-order chi connectivity index (χ1) is 10.7. The van der Waals surface area contributed by atoms with Gasteiger partial charge in [0.2, 0.25) is 0 Å². The molecule has 0 saturated carbocycles. The third kappa shape index (κ3) is 6.29. The molecule has 1 fully saturated rings. The Bertz CT molecular complexity index is 508. The molecule has 1 aliphatic rings. The van der Waals surface area contributed by atoms with Crippen molar-refractivity contribution in [2.45, 2.75) is 32.4 Å². The highest BCUT2D eigenvalue weighted by Crippen LogP contribution is 2.29. The minimum Gasteiger partial charge on any atom is -0.504 e. The summed E-state index contributed by atoms with van der Waals surface area (Å²) in [4.78, 5) is 4.58. The van der Waals surface area contributed by atoms with E-state index in [9.17, 15) is 5.11 Å². The summed E-state index contributed by atoms with van der Waals surface area (Å²) in [5.74, 6) is 3.82. The molecule has 1 aromatic carbocycles. The highest BCUT2D eigenvalue weighted by atomic mass is 127. The molecule has 1 unspecified atom stereocenters. The number of nitrogens with one attached hydrogen (secondary N) is 2. The number of hydrogen-bond acceptors (Lipinski definition) is 4. The molecule has 5 nitrogen and oxygen atoms in total. The average Bonchev–Trinajstić information content (AvgIpc) is 2.55. The number of phenolic OH excluding ortho intramolecular Hbond substituents is 1. The van der Waals surface area contributed by atoms with Crippen LogP contribution in [0, 0.1) is 0 Å². The number of ether oxygens (including phenoxy) is 1. The molecule has 1 aliphatic heterocycles. The van der Waals surface area contributed by atoms with Gasteiger partial charge in [0.05, 0.1) is 13.7 Å². The molecule has 3 N–H and O–H groups in total. The zero-order valence-electron chi connectivity index (χ0n) is 13.7. The Morgan fingerprint density at radius 3 is 2.96 bits per heavy atom. The first-order valence-corrected chi connectivity index (χ1v) is 8.87. The van der Waals surface area contributed by atoms with Gasteiger partial charge >= 0.3 is 0 Å². The molecule has 1 heterocycles. The van der Waals surface area contributed by atoms with Crippen molar-refractivity contribution in [2.24, 2.45) is 4.99 Å². The lowest BCUT2D eigenvalue weighted by Crippen LogP contribution is -2.45. The molecule has 130 valence electrons. The topological polar surface area (TPSA) is 65.9 Å². The van der Waals surface area contributed by atoms with E-state index in [-0.39, 0.29) is 29.7 Å². The van der Waals surface area contributed by atoms with Crippen LogP contribution >= 0.6 is 35.7 Å². The average molecular weight is 451 g/mol. The molecule has 1 aromatic rings. The van der Waals surface area contributed by atoms with E-state index in [1.807, 2.05) is 23.9 Å². The van der Waals surface area contributed by atoms with E-state index in [4.69, 9.17) is 4.74 Å². The minimum absolute atomic E-state index is 0. The van der Waals surface area contributed by atoms with Crippen LogP contribution in [0.1, 0.15) is 25.3 Å². The second-order valence-corrected chi connectivity index (χ2v) is 6.37. The van der Waals surface area contributed by atoms with Crippen molar-refractivity contribution in [1.82, 2.24) is 10.6 Å². The predicted octanol–water partition coefficient (Wildman–Crippen LogP) is 2.97. The quantitative estimate of drug-likeness (QED) is 0.365. The van der Waals surface area contributed by atoms with Gasteiger partial charge in [-0.3, -0.25) is 0 Å². The van der Waals surface area contributed by atoms with Crippen LogP contribution in [-0.4, -0.2) is 42.3 Å². The van der Waals surface area contributed by atoms with E-state index in [1.165, 1.54) is 18.6 Å². The molecule has 0 amide bonds. The number of para-hydroxylation sites is 1. The maximum absolute atomic E-state index is 10.1. The van der Waals surface area contributed by atoms with Crippen molar-refractivity contribution in [3.05, 3.63) is 23.8 Å². The van der Waals surface area contributed by atoms with Crippen molar-refractivity contribution in [1.29, 1.82) is 0 Å². The van der Waals surface area contributed by atoms with E-state index in [0.29, 0.717) is 18.3 Å². The van der Waals surface area contributed by atoms with E-state index >= 15 is 0 Å². The summed E-state index contributed by atoms with van der Waals surface area (Å²) in [6.07, 6.45) is 2.43. The maximum Gasteiger partial charge on any atom is 0.191 e. The van der Waals surface area contributed by atoms with Gasteiger partial charge in [-0.15, -0.1) is 24.0 Å². The number of halogens is 1. The Balaban J connectivity index is 0.00000264. The van der Waals surface area contributed by atoms with Crippen molar-refractivity contribution >= 4 is 41.7 Å². The third-order valence-corrected chi connectivity index (χ3v) is 4.77. The van der Waals surface area contributed by atoms with Crippen molar-refractivity contribution in [3.63, 3.8) is 0 Å². The van der Waals surface area contributed by atoms with Crippen LogP contribution in [0.3, 0.4) is 0 Å². The Labute approximate surface area is 159 Å². The number of benzene rings is 1. The summed E-state index contributed by atoms with van der Waals surface area (Å²) < 4.78 is 5.13. The van der Waals surface area contributed by atoms with Crippen LogP contribution in [0.25, 0.3) is 0 Å². The van der Waals surface area contributed by atoms with Gasteiger partial charge in [-0.1, -0.05) is 12.1 Å². The molecule has 0 aromatic heterocycles. The van der Waals surface area contributed by atoms with Gasteiger partial charge in [-0.25, -0.2) is 4.99 Å². The summed E-state index contributed by atoms with van der Waals surface area (Å²) >= 11 is 1.98. The van der Waals surface area contributed by atoms with Gasteiger partial charge < -0.3 is 20.5 Å². The number of aromatic hydroxyl groups is 1. The lowest BCUT2D eigenvalue weighted by molar-refractivity contribution is 0.370. The van der Waals surface area contributed by atoms with Crippen molar-refractivity contribution in [3.8, 4) is 11.5 Å². The zero-order valence-corrected chi connectivity index (χ0v) is 16.8. The maximum atomic E-state index is 10.1. The van der Waals surface area contributed by atoms with Gasteiger partial charge in [-0.2, -0.15) is 11.8 Å². The highest BCUT2D eigenvalue weighted by Gasteiger charge is 2.15. The number of phenols is 1. The molecule has 7 heteroatoms. The van der Waals surface area contributed by atoms with Crippen molar-refractivity contribution in [2.75, 3.05) is 25.2 Å². The van der Waals surface area contributed by atoms with Gasteiger partial charge in [0.1, 0.15) is 0 Å². The number of guanidine groups is 1. The molecule has 0 bridgehead atoms. The van der Waals surface area contributed by atoms with Crippen LogP contribution in [0.5, 0.6) is 11.5 Å². The molecule has 1 saturated heterocycles. The van der Waals surface area contributed by atoms with Crippen LogP contribution in [0.4, 0.5) is 0 Å². The fourth-order valence-corrected chi connectivity index (χ4v) is 3.46. The van der Waals surface area contributed by atoms with Gasteiger partial charge in [-0.05, 0) is 31.6 Å². The van der Waals surface area contributed by atoms with Crippen LogP contribution in [0.15, 0.2) is 23.2 Å². The molecule has 0 spiro atoms. The van der Waals surface area contributed by atoms with Gasteiger partial charge in [0.15, 0.2) is 17.5 Å². The fourth-order valence-electron chi connectivity index (χ4n) is 2.39. The number of thioether (sulfide) groups is 1. The Morgan fingerprint density at radius 1 is 1.48 bits per heavy atom. The third-order valence-electron chi connectivity index (χ3n) is 3.56. The van der Waals surface area contributed by atoms with Crippen LogP contribution in [-0.2, 0) is 6.54 Å². The summed E-state index contributed by atoms with van der Waals surface area (Å²) in [5.41, 5.74) is 0.759. The molecule has 23 heavy (non-hydrogen) atoms. The van der Waals surface area contributed by atoms with Crippen molar-refractivity contribution < 1.29 is 9.84 Å². The van der Waals surface area contributed by atoms with Crippen LogP contribution in [0.2, 0.25) is 0 Å². The lowest BCUT2D eigenvalue weighted by Gasteiger charge is -2.24. The lowest BCUT2D eigenvalue weighted by atomic mass is 10.2. The summed E-state index contributed by atoms with van der Waals surface area (Å²) in [7, 11) is 1.55. The minimum atomic E-state index is 0.